The number of aromatic hydroxyl groups is 1. The van der Waals surface area contributed by atoms with Crippen molar-refractivity contribution in [3.63, 3.8) is 0 Å². The Morgan fingerprint density at radius 1 is 1.41 bits per heavy atom. The van der Waals surface area contributed by atoms with Gasteiger partial charge >= 0.3 is 0 Å². The number of H-pyrrole nitrogens is 1. The van der Waals surface area contributed by atoms with Gasteiger partial charge in [-0.3, -0.25) is 0 Å². The molecular weight excluding hydrogens is 530 g/mol. The smallest absolute Gasteiger partial charge is 0.219 e. The van der Waals surface area contributed by atoms with Crippen molar-refractivity contribution >= 4 is 63.6 Å². The number of nitrogens with zero attached hydrogens (tertiary/aromatic N) is 3. The van der Waals surface area contributed by atoms with Gasteiger partial charge in [-0.25, -0.2) is 5.10 Å². The number of benzene rings is 1. The summed E-state index contributed by atoms with van der Waals surface area (Å²) in [6, 6.07) is 7.24. The Morgan fingerprint density at radius 2 is 2.23 bits per heavy atom. The van der Waals surface area contributed by atoms with Crippen LogP contribution in [0, 0.1) is 11.9 Å². The first-order chi connectivity index (χ1) is 10.6. The maximum atomic E-state index is 10.1. The molecule has 0 aliphatic carbocycles. The van der Waals surface area contributed by atoms with Crippen molar-refractivity contribution in [2.45, 2.75) is 0 Å². The third-order valence-electron chi connectivity index (χ3n) is 2.76. The standard InChI is InChI=1S/C13H8I2N4O2S/c14-8-4-7(11(20)9(15)5-8)6-16-19-12(17-18-13(19)22)10-2-1-3-21-10/h1-6,20H,(H,18,22)/b16-6-. The van der Waals surface area contributed by atoms with Crippen LogP contribution >= 0.6 is 57.4 Å². The molecule has 3 aromatic rings. The Morgan fingerprint density at radius 3 is 2.95 bits per heavy atom. The molecule has 0 saturated carbocycles. The van der Waals surface area contributed by atoms with Gasteiger partial charge in [-0.05, 0) is 81.7 Å². The highest BCUT2D eigenvalue weighted by Gasteiger charge is 2.11. The van der Waals surface area contributed by atoms with E-state index < -0.39 is 0 Å². The molecule has 0 atom stereocenters. The van der Waals surface area contributed by atoms with Gasteiger partial charge in [0.15, 0.2) is 5.76 Å². The van der Waals surface area contributed by atoms with Crippen LogP contribution in [0.5, 0.6) is 5.75 Å². The number of nitrogens with one attached hydrogen (secondary N) is 1. The van der Waals surface area contributed by atoms with Crippen LogP contribution in [0.4, 0.5) is 0 Å². The summed E-state index contributed by atoms with van der Waals surface area (Å²) in [5.74, 6) is 1.19. The van der Waals surface area contributed by atoms with Crippen molar-refractivity contribution in [1.29, 1.82) is 0 Å². The second kappa shape index (κ2) is 6.50. The molecule has 3 rings (SSSR count). The monoisotopic (exact) mass is 538 g/mol. The summed E-state index contributed by atoms with van der Waals surface area (Å²) in [5, 5.41) is 21.2. The lowest BCUT2D eigenvalue weighted by Gasteiger charge is -2.03. The van der Waals surface area contributed by atoms with Gasteiger partial charge in [0.2, 0.25) is 10.6 Å². The highest BCUT2D eigenvalue weighted by Crippen LogP contribution is 2.26. The Bertz CT molecular complexity index is 899. The predicted molar refractivity (Wildman–Crippen MR) is 102 cm³/mol. The first kappa shape index (κ1) is 15.7. The number of phenols is 1. The van der Waals surface area contributed by atoms with E-state index >= 15 is 0 Å². The van der Waals surface area contributed by atoms with Gasteiger partial charge in [0.1, 0.15) is 5.75 Å². The van der Waals surface area contributed by atoms with E-state index in [9.17, 15) is 5.11 Å². The Kier molecular flexibility index (Phi) is 4.63. The number of furan rings is 1. The summed E-state index contributed by atoms with van der Waals surface area (Å²) in [5.41, 5.74) is 0.602. The third kappa shape index (κ3) is 3.10. The SMILES string of the molecule is Oc1c(I)cc(I)cc1/C=N\n1c(-c2ccco2)n[nH]c1=S. The van der Waals surface area contributed by atoms with Gasteiger partial charge in [0, 0.05) is 9.13 Å². The highest BCUT2D eigenvalue weighted by molar-refractivity contribution is 14.1. The van der Waals surface area contributed by atoms with Crippen LogP contribution in [0.3, 0.4) is 0 Å². The summed E-state index contributed by atoms with van der Waals surface area (Å²) in [7, 11) is 0. The van der Waals surface area contributed by atoms with Gasteiger partial charge in [-0.2, -0.15) is 9.78 Å². The molecule has 0 saturated heterocycles. The van der Waals surface area contributed by atoms with E-state index in [4.69, 9.17) is 16.6 Å². The van der Waals surface area contributed by atoms with Crippen LogP contribution in [0.2, 0.25) is 0 Å². The van der Waals surface area contributed by atoms with Crippen LogP contribution < -0.4 is 0 Å². The number of aromatic nitrogens is 3. The molecule has 2 N–H and O–H groups in total. The fourth-order valence-corrected chi connectivity index (χ4v) is 3.84. The Labute approximate surface area is 157 Å². The molecule has 0 aliphatic heterocycles. The van der Waals surface area contributed by atoms with Crippen LogP contribution in [-0.2, 0) is 0 Å². The van der Waals surface area contributed by atoms with Crippen LogP contribution in [-0.4, -0.2) is 26.2 Å². The lowest BCUT2D eigenvalue weighted by atomic mass is 10.2. The molecular formula is C13H8I2N4O2S. The lowest BCUT2D eigenvalue weighted by molar-refractivity contribution is 0.470. The zero-order valence-electron chi connectivity index (χ0n) is 10.8. The molecule has 0 radical (unpaired) electrons. The van der Waals surface area contributed by atoms with Crippen molar-refractivity contribution < 1.29 is 9.52 Å². The van der Waals surface area contributed by atoms with Gasteiger partial charge in [0.25, 0.3) is 0 Å². The number of rotatable bonds is 3. The largest absolute Gasteiger partial charge is 0.506 e. The van der Waals surface area contributed by atoms with Gasteiger partial charge in [-0.1, -0.05) is 0 Å². The van der Waals surface area contributed by atoms with Crippen LogP contribution in [0.15, 0.2) is 40.0 Å². The van der Waals surface area contributed by atoms with Crippen molar-refractivity contribution in [1.82, 2.24) is 14.9 Å². The third-order valence-corrected chi connectivity index (χ3v) is 4.47. The summed E-state index contributed by atoms with van der Waals surface area (Å²) in [4.78, 5) is 0. The van der Waals surface area contributed by atoms with E-state index in [1.165, 1.54) is 10.9 Å². The maximum absolute atomic E-state index is 10.1. The summed E-state index contributed by atoms with van der Waals surface area (Å²) in [6.07, 6.45) is 3.09. The molecule has 0 spiro atoms. The minimum absolute atomic E-state index is 0.180. The van der Waals surface area contributed by atoms with Gasteiger partial charge in [0.05, 0.1) is 16.0 Å². The number of aromatic amines is 1. The Balaban J connectivity index is 2.04. The molecule has 0 unspecified atom stereocenters. The summed E-state index contributed by atoms with van der Waals surface area (Å²) < 4.78 is 8.85. The molecule has 22 heavy (non-hydrogen) atoms. The highest BCUT2D eigenvalue weighted by atomic mass is 127. The van der Waals surface area contributed by atoms with E-state index in [1.807, 2.05) is 12.1 Å². The first-order valence-electron chi connectivity index (χ1n) is 6.00. The summed E-state index contributed by atoms with van der Waals surface area (Å²) >= 11 is 9.43. The molecule has 0 bridgehead atoms. The second-order valence-electron chi connectivity index (χ2n) is 4.21. The maximum Gasteiger partial charge on any atom is 0.219 e. The van der Waals surface area contributed by atoms with E-state index in [1.54, 1.807) is 18.4 Å². The molecule has 9 heteroatoms. The fourth-order valence-electron chi connectivity index (χ4n) is 1.77. The average molecular weight is 538 g/mol. The second-order valence-corrected chi connectivity index (χ2v) is 7.01. The molecule has 0 aliphatic rings. The number of phenolic OH excluding ortho intramolecular Hbond substituents is 1. The van der Waals surface area contributed by atoms with E-state index in [-0.39, 0.29) is 5.75 Å². The molecule has 1 aromatic carbocycles. The lowest BCUT2D eigenvalue weighted by Crippen LogP contribution is -1.95. The normalized spacial score (nSPS) is 11.4. The van der Waals surface area contributed by atoms with Crippen LogP contribution in [0.1, 0.15) is 5.56 Å². The van der Waals surface area contributed by atoms with Crippen molar-refractivity contribution in [2.24, 2.45) is 5.10 Å². The molecule has 2 heterocycles. The van der Waals surface area contributed by atoms with E-state index in [0.29, 0.717) is 21.9 Å². The Hall–Kier alpha value is -1.21. The predicted octanol–water partition coefficient (Wildman–Crippen LogP) is 4.00. The van der Waals surface area contributed by atoms with Crippen LogP contribution in [0.25, 0.3) is 11.6 Å². The first-order valence-corrected chi connectivity index (χ1v) is 8.56. The molecule has 0 fully saturated rings. The van der Waals surface area contributed by atoms with Crippen molar-refractivity contribution in [2.75, 3.05) is 0 Å². The topological polar surface area (TPSA) is 79.3 Å². The molecule has 6 nitrogen and oxygen atoms in total. The molecule has 0 amide bonds. The minimum atomic E-state index is 0.180. The van der Waals surface area contributed by atoms with E-state index in [2.05, 4.69) is 60.5 Å². The molecule has 2 aromatic heterocycles. The zero-order chi connectivity index (χ0) is 15.7. The quantitative estimate of drug-likeness (QED) is 0.301. The average Bonchev–Trinajstić information content (AvgIpc) is 3.11. The van der Waals surface area contributed by atoms with Crippen molar-refractivity contribution in [3.05, 3.63) is 48.0 Å². The number of hydrogen-bond donors (Lipinski definition) is 2. The zero-order valence-corrected chi connectivity index (χ0v) is 16.0. The number of halogens is 2. The summed E-state index contributed by atoms with van der Waals surface area (Å²) in [6.45, 7) is 0. The number of hydrogen-bond acceptors (Lipinski definition) is 5. The van der Waals surface area contributed by atoms with Gasteiger partial charge < -0.3 is 9.52 Å². The fraction of sp³-hybridized carbons (Fsp3) is 0. The minimum Gasteiger partial charge on any atom is -0.506 e. The van der Waals surface area contributed by atoms with Crippen molar-refractivity contribution in [3.8, 4) is 17.3 Å². The van der Waals surface area contributed by atoms with Gasteiger partial charge in [-0.15, -0.1) is 5.10 Å². The van der Waals surface area contributed by atoms with E-state index in [0.717, 1.165) is 7.14 Å². The molecule has 112 valence electrons.